The van der Waals surface area contributed by atoms with Gasteiger partial charge in [0.1, 0.15) is 5.69 Å². The van der Waals surface area contributed by atoms with Crippen LogP contribution in [0.15, 0.2) is 36.5 Å². The second-order valence-electron chi connectivity index (χ2n) is 10.3. The second kappa shape index (κ2) is 11.8. The number of fused-ring (bicyclic) bond motifs is 5. The third kappa shape index (κ3) is 6.20. The van der Waals surface area contributed by atoms with Gasteiger partial charge in [-0.15, -0.1) is 0 Å². The van der Waals surface area contributed by atoms with Crippen molar-refractivity contribution in [3.63, 3.8) is 0 Å². The Balaban J connectivity index is 0.000000451. The molecule has 2 N–H and O–H groups in total. The molecule has 42 heavy (non-hydrogen) atoms. The molecule has 0 spiro atoms. The normalized spacial score (nSPS) is 16.6. The van der Waals surface area contributed by atoms with Gasteiger partial charge in [0.05, 0.1) is 17.9 Å². The molecule has 0 radical (unpaired) electrons. The molecule has 1 fully saturated rings. The predicted molar refractivity (Wildman–Crippen MR) is 148 cm³/mol. The first-order valence-electron chi connectivity index (χ1n) is 13.4. The zero-order valence-corrected chi connectivity index (χ0v) is 22.8. The Morgan fingerprint density at radius 1 is 1.05 bits per heavy atom. The number of aliphatic carboxylic acids is 1. The Labute approximate surface area is 239 Å². The highest BCUT2D eigenvalue weighted by atomic mass is 19.4. The van der Waals surface area contributed by atoms with Crippen LogP contribution in [0.4, 0.5) is 13.2 Å². The summed E-state index contributed by atoms with van der Waals surface area (Å²) in [7, 11) is 2.08. The lowest BCUT2D eigenvalue weighted by atomic mass is 9.89. The molecule has 0 saturated carbocycles. The molecule has 0 bridgehead atoms. The number of benzene rings is 1. The van der Waals surface area contributed by atoms with Crippen molar-refractivity contribution in [3.05, 3.63) is 70.2 Å². The number of likely N-dealkylation sites (N-methyl/N-ethyl adjacent to an activating group) is 1. The number of piperazine rings is 1. The zero-order chi connectivity index (χ0) is 30.0. The van der Waals surface area contributed by atoms with Crippen molar-refractivity contribution in [1.82, 2.24) is 29.9 Å². The number of pyridine rings is 1. The lowest BCUT2D eigenvalue weighted by Crippen LogP contribution is -2.47. The number of hydrogen-bond acceptors (Lipinski definition) is 6. The average Bonchev–Trinajstić information content (AvgIpc) is 3.36. The predicted octanol–water partition coefficient (Wildman–Crippen LogP) is 2.98. The molecule has 1 saturated heterocycles. The number of nitrogens with zero attached hydrogens (tertiary/aromatic N) is 5. The molecule has 0 unspecified atom stereocenters. The Morgan fingerprint density at radius 2 is 1.79 bits per heavy atom. The molecular weight excluding hydrogens is 553 g/mol. The molecule has 10 nitrogen and oxygen atoms in total. The van der Waals surface area contributed by atoms with Gasteiger partial charge in [0.2, 0.25) is 0 Å². The Bertz CT molecular complexity index is 1560. The van der Waals surface area contributed by atoms with Crippen LogP contribution < -0.4 is 5.32 Å². The molecule has 2 aromatic heterocycles. The van der Waals surface area contributed by atoms with E-state index in [-0.39, 0.29) is 11.8 Å². The number of carboxylic acid groups (broad SMARTS) is 1. The summed E-state index contributed by atoms with van der Waals surface area (Å²) in [6, 6.07) is 9.80. The van der Waals surface area contributed by atoms with E-state index in [4.69, 9.17) is 15.0 Å². The Morgan fingerprint density at radius 3 is 2.50 bits per heavy atom. The van der Waals surface area contributed by atoms with Crippen LogP contribution in [-0.4, -0.2) is 93.4 Å². The maximum absolute atomic E-state index is 13.0. The molecule has 1 aromatic carbocycles. The first-order valence-corrected chi connectivity index (χ1v) is 13.4. The molecule has 6 rings (SSSR count). The molecule has 3 aliphatic rings. The number of carbonyl (C=O) groups is 3. The van der Waals surface area contributed by atoms with Crippen molar-refractivity contribution in [2.45, 2.75) is 25.6 Å². The van der Waals surface area contributed by atoms with Gasteiger partial charge in [0, 0.05) is 55.6 Å². The number of hydrogen-bond donors (Lipinski definition) is 2. The standard InChI is InChI=1S/C27H28N6O2.C2HF3O2/c1-31-11-13-32(14-12-31)27(35)19-4-2-3-18(15-19)5-7-21-16-23-20(17-29-21)6-8-22-24(23)30-33-10-9-28-26(34)25(22)33;3-2(4,5)1(6)7/h2-5,7,15-17H,6,8-14H2,1H3,(H,28,34);(H,6,7)/b7-5+;. The van der Waals surface area contributed by atoms with Gasteiger partial charge < -0.3 is 20.2 Å². The number of carboxylic acids is 1. The van der Waals surface area contributed by atoms with E-state index < -0.39 is 12.1 Å². The number of rotatable bonds is 3. The lowest BCUT2D eigenvalue weighted by Gasteiger charge is -2.32. The highest BCUT2D eigenvalue weighted by molar-refractivity contribution is 5.97. The molecule has 1 aliphatic carbocycles. The topological polar surface area (TPSA) is 121 Å². The zero-order valence-electron chi connectivity index (χ0n) is 22.8. The van der Waals surface area contributed by atoms with Gasteiger partial charge in [-0.3, -0.25) is 19.3 Å². The number of halogens is 3. The van der Waals surface area contributed by atoms with E-state index in [0.29, 0.717) is 24.3 Å². The first kappa shape index (κ1) is 29.0. The van der Waals surface area contributed by atoms with Crippen LogP contribution in [0.3, 0.4) is 0 Å². The summed E-state index contributed by atoms with van der Waals surface area (Å²) in [4.78, 5) is 43.1. The van der Waals surface area contributed by atoms with Crippen molar-refractivity contribution < 1.29 is 32.7 Å². The van der Waals surface area contributed by atoms with Crippen LogP contribution in [0, 0.1) is 0 Å². The maximum atomic E-state index is 13.0. The number of aryl methyl sites for hydroxylation is 1. The van der Waals surface area contributed by atoms with Crippen molar-refractivity contribution in [1.29, 1.82) is 0 Å². The van der Waals surface area contributed by atoms with Crippen molar-refractivity contribution >= 4 is 29.9 Å². The van der Waals surface area contributed by atoms with Gasteiger partial charge in [-0.1, -0.05) is 18.2 Å². The number of aromatic nitrogens is 3. The fraction of sp³-hybridized carbons (Fsp3) is 0.345. The monoisotopic (exact) mass is 582 g/mol. The van der Waals surface area contributed by atoms with E-state index in [2.05, 4.69) is 28.3 Å². The highest BCUT2D eigenvalue weighted by Gasteiger charge is 2.38. The molecular formula is C29H29F3N6O4. The van der Waals surface area contributed by atoms with E-state index in [0.717, 1.165) is 72.7 Å². The van der Waals surface area contributed by atoms with Crippen molar-refractivity contribution in [3.8, 4) is 11.3 Å². The van der Waals surface area contributed by atoms with Crippen LogP contribution in [-0.2, 0) is 24.2 Å². The van der Waals surface area contributed by atoms with Crippen molar-refractivity contribution in [2.75, 3.05) is 39.8 Å². The summed E-state index contributed by atoms with van der Waals surface area (Å²) >= 11 is 0. The minimum atomic E-state index is -5.08. The molecule has 4 heterocycles. The number of carbonyl (C=O) groups excluding carboxylic acids is 2. The minimum Gasteiger partial charge on any atom is -0.475 e. The van der Waals surface area contributed by atoms with Gasteiger partial charge in [-0.05, 0) is 55.3 Å². The first-order chi connectivity index (χ1) is 20.0. The van der Waals surface area contributed by atoms with Gasteiger partial charge in [0.25, 0.3) is 11.8 Å². The van der Waals surface area contributed by atoms with Crippen LogP contribution in [0.25, 0.3) is 23.4 Å². The summed E-state index contributed by atoms with van der Waals surface area (Å²) < 4.78 is 33.6. The van der Waals surface area contributed by atoms with Crippen LogP contribution in [0.5, 0.6) is 0 Å². The van der Waals surface area contributed by atoms with Gasteiger partial charge >= 0.3 is 12.1 Å². The summed E-state index contributed by atoms with van der Waals surface area (Å²) in [5, 5.41) is 14.8. The van der Waals surface area contributed by atoms with E-state index in [1.54, 1.807) is 0 Å². The molecule has 220 valence electrons. The van der Waals surface area contributed by atoms with E-state index in [1.807, 2.05) is 52.2 Å². The van der Waals surface area contributed by atoms with Crippen LogP contribution >= 0.6 is 0 Å². The van der Waals surface area contributed by atoms with E-state index in [9.17, 15) is 22.8 Å². The molecule has 13 heteroatoms. The summed E-state index contributed by atoms with van der Waals surface area (Å²) in [5.41, 5.74) is 7.33. The second-order valence-corrected chi connectivity index (χ2v) is 10.3. The smallest absolute Gasteiger partial charge is 0.475 e. The molecule has 2 amide bonds. The molecule has 3 aromatic rings. The summed E-state index contributed by atoms with van der Waals surface area (Å²) in [5.74, 6) is -2.71. The fourth-order valence-electron chi connectivity index (χ4n) is 5.15. The van der Waals surface area contributed by atoms with E-state index >= 15 is 0 Å². The maximum Gasteiger partial charge on any atom is 0.490 e. The van der Waals surface area contributed by atoms with Crippen molar-refractivity contribution in [2.24, 2.45) is 0 Å². The average molecular weight is 583 g/mol. The number of alkyl halides is 3. The number of amides is 2. The minimum absolute atomic E-state index is 0.0337. The quantitative estimate of drug-likeness (QED) is 0.487. The molecule has 2 aliphatic heterocycles. The molecule has 0 atom stereocenters. The fourth-order valence-corrected chi connectivity index (χ4v) is 5.15. The number of nitrogens with one attached hydrogen (secondary N) is 1. The van der Waals surface area contributed by atoms with Gasteiger partial charge in [-0.2, -0.15) is 18.3 Å². The largest absolute Gasteiger partial charge is 0.490 e. The third-order valence-electron chi connectivity index (χ3n) is 7.39. The van der Waals surface area contributed by atoms with Gasteiger partial charge in [0.15, 0.2) is 0 Å². The van der Waals surface area contributed by atoms with Gasteiger partial charge in [-0.25, -0.2) is 4.79 Å². The summed E-state index contributed by atoms with van der Waals surface area (Å²) in [6.07, 6.45) is 2.45. The Hall–Kier alpha value is -4.52. The van der Waals surface area contributed by atoms with E-state index in [1.165, 1.54) is 0 Å². The summed E-state index contributed by atoms with van der Waals surface area (Å²) in [6.45, 7) is 4.64. The lowest BCUT2D eigenvalue weighted by molar-refractivity contribution is -0.192. The Kier molecular flexibility index (Phi) is 8.12. The third-order valence-corrected chi connectivity index (χ3v) is 7.39. The van der Waals surface area contributed by atoms with Crippen LogP contribution in [0.1, 0.15) is 43.2 Å². The highest BCUT2D eigenvalue weighted by Crippen LogP contribution is 2.35. The SMILES string of the molecule is CN1CCN(C(=O)c2cccc(/C=C/c3cc4c(cn3)CCc3c-4nn4c3C(=O)NCC4)c2)CC1.O=C(O)C(F)(F)F. The van der Waals surface area contributed by atoms with Crippen LogP contribution in [0.2, 0.25) is 0 Å².